The van der Waals surface area contributed by atoms with E-state index in [-0.39, 0.29) is 24.7 Å². The molecule has 0 spiro atoms. The van der Waals surface area contributed by atoms with Crippen LogP contribution in [0.3, 0.4) is 0 Å². The predicted octanol–water partition coefficient (Wildman–Crippen LogP) is 10.7. The summed E-state index contributed by atoms with van der Waals surface area (Å²) < 4.78 is 5.33. The second-order valence-corrected chi connectivity index (χ2v) is 16.8. The third-order valence-corrected chi connectivity index (χ3v) is 14.3. The molecule has 5 heterocycles. The zero-order chi connectivity index (χ0) is 35.2. The lowest BCUT2D eigenvalue weighted by atomic mass is 9.31. The monoisotopic (exact) mass is 707 g/mol. The van der Waals surface area contributed by atoms with E-state index in [0.717, 1.165) is 0 Å². The fraction of sp³-hybridized carbons (Fsp3) is 0.102. The maximum atomic E-state index is 2.72. The van der Waals surface area contributed by atoms with Gasteiger partial charge in [-0.25, -0.2) is 0 Å². The van der Waals surface area contributed by atoms with E-state index < -0.39 is 0 Å². The van der Waals surface area contributed by atoms with Crippen LogP contribution in [0, 0.1) is 5.92 Å². The first-order chi connectivity index (χ1) is 26.7. The molecular weight excluding hydrogens is 673 g/mol. The third kappa shape index (κ3) is 3.66. The van der Waals surface area contributed by atoms with E-state index in [1.807, 2.05) is 11.8 Å². The average Bonchev–Trinajstić information content (AvgIpc) is 3.75. The minimum Gasteiger partial charge on any atom is -0.334 e. The molecular formula is C49H34BN3S. The summed E-state index contributed by atoms with van der Waals surface area (Å²) in [6.45, 7) is 2.67. The Morgan fingerprint density at radius 2 is 1.28 bits per heavy atom. The van der Waals surface area contributed by atoms with Gasteiger partial charge in [-0.2, -0.15) is 0 Å². The minimum atomic E-state index is 0.164. The summed E-state index contributed by atoms with van der Waals surface area (Å²) in [5.74, 6) is 0.245. The number of hydrogen-bond acceptors (Lipinski definition) is 2. The Morgan fingerprint density at radius 1 is 0.611 bits per heavy atom. The molecule has 5 heteroatoms. The Morgan fingerprint density at radius 3 is 2.11 bits per heavy atom. The number of fused-ring (bicyclic) bond motifs is 12. The van der Waals surface area contributed by atoms with Gasteiger partial charge >= 0.3 is 0 Å². The third-order valence-electron chi connectivity index (χ3n) is 13.0. The largest absolute Gasteiger partial charge is 0.334 e. The van der Waals surface area contributed by atoms with Crippen molar-refractivity contribution in [1.29, 1.82) is 0 Å². The van der Waals surface area contributed by atoms with Crippen LogP contribution in [-0.2, 0) is 0 Å². The van der Waals surface area contributed by atoms with Gasteiger partial charge in [0.2, 0.25) is 6.71 Å². The molecule has 54 heavy (non-hydrogen) atoms. The number of hydrogen-bond donors (Lipinski definition) is 0. The Balaban J connectivity index is 1.06. The van der Waals surface area contributed by atoms with Crippen molar-refractivity contribution in [1.82, 2.24) is 9.13 Å². The summed E-state index contributed by atoms with van der Waals surface area (Å²) >= 11 is 1.97. The van der Waals surface area contributed by atoms with Crippen LogP contribution in [0.1, 0.15) is 18.5 Å². The highest BCUT2D eigenvalue weighted by Gasteiger charge is 2.48. The Hall–Kier alpha value is -5.91. The zero-order valence-electron chi connectivity index (χ0n) is 29.7. The Kier molecular flexibility index (Phi) is 5.81. The summed E-state index contributed by atoms with van der Waals surface area (Å²) in [5, 5.41) is 5.75. The van der Waals surface area contributed by atoms with Crippen LogP contribution < -0.4 is 15.8 Å². The van der Waals surface area contributed by atoms with Crippen LogP contribution in [0.2, 0.25) is 0 Å². The summed E-state index contributed by atoms with van der Waals surface area (Å²) in [4.78, 5) is 3.89. The molecule has 3 aliphatic heterocycles. The molecule has 0 saturated carbocycles. The molecule has 2 aliphatic carbocycles. The van der Waals surface area contributed by atoms with Gasteiger partial charge in [-0.1, -0.05) is 128 Å². The lowest BCUT2D eigenvalue weighted by Crippen LogP contribution is -2.54. The van der Waals surface area contributed by atoms with Crippen molar-refractivity contribution >= 4 is 95.7 Å². The second kappa shape index (κ2) is 10.6. The first-order valence-electron chi connectivity index (χ1n) is 19.2. The van der Waals surface area contributed by atoms with Gasteiger partial charge in [-0.05, 0) is 70.0 Å². The van der Waals surface area contributed by atoms with Crippen molar-refractivity contribution in [3.8, 4) is 0 Å². The van der Waals surface area contributed by atoms with Crippen molar-refractivity contribution in [2.24, 2.45) is 5.92 Å². The number of allylic oxidation sites excluding steroid dienone is 6. The lowest BCUT2D eigenvalue weighted by Gasteiger charge is -2.44. The topological polar surface area (TPSA) is 13.1 Å². The van der Waals surface area contributed by atoms with E-state index in [9.17, 15) is 0 Å². The zero-order valence-corrected chi connectivity index (χ0v) is 30.5. The number of rotatable bonds is 2. The molecule has 13 rings (SSSR count). The van der Waals surface area contributed by atoms with Gasteiger partial charge in [-0.3, -0.25) is 0 Å². The number of thioether (sulfide) groups is 1. The molecule has 3 nitrogen and oxygen atoms in total. The normalized spacial score (nSPS) is 21.9. The van der Waals surface area contributed by atoms with E-state index in [2.05, 4.69) is 185 Å². The van der Waals surface area contributed by atoms with E-state index in [4.69, 9.17) is 0 Å². The lowest BCUT2D eigenvalue weighted by molar-refractivity contribution is 0.510. The van der Waals surface area contributed by atoms with Crippen LogP contribution in [0.4, 0.5) is 11.4 Å². The molecule has 0 saturated heterocycles. The molecule has 4 unspecified atom stereocenters. The SMILES string of the molecule is CC1C(c2ccc(N3c4ccccc4SC4C=CC=CC43)cc2)=CC2=C3B(c4cccc5c6ccccc6n2c45)c2cccc4c5ccccc5n(c24)C31. The summed E-state index contributed by atoms with van der Waals surface area (Å²) in [7, 11) is 0. The highest BCUT2D eigenvalue weighted by atomic mass is 32.2. The first kappa shape index (κ1) is 29.5. The molecule has 8 aromatic rings. The van der Waals surface area contributed by atoms with Crippen molar-refractivity contribution in [2.45, 2.75) is 29.2 Å². The maximum Gasteiger partial charge on any atom is 0.247 e. The summed E-state index contributed by atoms with van der Waals surface area (Å²) in [5.41, 5.74) is 16.3. The van der Waals surface area contributed by atoms with Crippen LogP contribution >= 0.6 is 11.8 Å². The number of para-hydroxylation sites is 5. The van der Waals surface area contributed by atoms with Crippen LogP contribution in [0.25, 0.3) is 54.9 Å². The molecule has 0 N–H and O–H groups in total. The summed E-state index contributed by atoms with van der Waals surface area (Å²) in [6, 6.07) is 51.0. The molecule has 0 amide bonds. The van der Waals surface area contributed by atoms with Crippen molar-refractivity contribution in [3.63, 3.8) is 0 Å². The van der Waals surface area contributed by atoms with E-state index in [0.29, 0.717) is 5.25 Å². The first-order valence-corrected chi connectivity index (χ1v) is 20.1. The number of nitrogens with zero attached hydrogens (tertiary/aromatic N) is 3. The minimum absolute atomic E-state index is 0.164. The maximum absolute atomic E-state index is 2.72. The van der Waals surface area contributed by atoms with Crippen molar-refractivity contribution < 1.29 is 0 Å². The van der Waals surface area contributed by atoms with Crippen molar-refractivity contribution in [2.75, 3.05) is 4.90 Å². The molecule has 4 atom stereocenters. The number of benzene rings is 6. The standard InChI is InChI=1S/C49H34BN3S/c1-29-36(30-24-26-31(27-25-30)51-41-20-6-8-22-44(41)54-45-23-9-7-21-42(45)51)28-43-46-47(29)53-40-19-5-3-13-33(40)35-15-11-17-38(49(35)53)50(46)37-16-10-14-34-32-12-2-4-18-39(32)52(43)48(34)37/h2-29,41,44,47H,1H3. The number of aromatic nitrogens is 2. The highest BCUT2D eigenvalue weighted by Crippen LogP contribution is 2.53. The van der Waals surface area contributed by atoms with Gasteiger partial charge in [0.1, 0.15) is 0 Å². The van der Waals surface area contributed by atoms with Gasteiger partial charge in [0.05, 0.1) is 28.5 Å². The molecule has 2 aromatic heterocycles. The quantitative estimate of drug-likeness (QED) is 0.166. The highest BCUT2D eigenvalue weighted by molar-refractivity contribution is 8.00. The van der Waals surface area contributed by atoms with E-state index >= 15 is 0 Å². The molecule has 0 fully saturated rings. The fourth-order valence-corrected chi connectivity index (χ4v) is 12.2. The van der Waals surface area contributed by atoms with Crippen LogP contribution in [0.15, 0.2) is 174 Å². The van der Waals surface area contributed by atoms with Crippen molar-refractivity contribution in [3.05, 3.63) is 175 Å². The number of anilines is 2. The molecule has 254 valence electrons. The fourth-order valence-electron chi connectivity index (χ4n) is 10.9. The van der Waals surface area contributed by atoms with Crippen LogP contribution in [0.5, 0.6) is 0 Å². The van der Waals surface area contributed by atoms with Gasteiger partial charge in [0.25, 0.3) is 0 Å². The van der Waals surface area contributed by atoms with Gasteiger partial charge in [-0.15, -0.1) is 11.8 Å². The van der Waals surface area contributed by atoms with Gasteiger partial charge in [0.15, 0.2) is 0 Å². The molecule has 0 radical (unpaired) electrons. The predicted molar refractivity (Wildman–Crippen MR) is 230 cm³/mol. The van der Waals surface area contributed by atoms with E-state index in [1.54, 1.807) is 0 Å². The molecule has 6 aromatic carbocycles. The van der Waals surface area contributed by atoms with Gasteiger partial charge in [0, 0.05) is 60.3 Å². The Labute approximate surface area is 318 Å². The van der Waals surface area contributed by atoms with E-state index in [1.165, 1.54) is 93.1 Å². The van der Waals surface area contributed by atoms with Gasteiger partial charge < -0.3 is 14.0 Å². The molecule has 0 bridgehead atoms. The Bertz CT molecular complexity index is 3080. The van der Waals surface area contributed by atoms with Crippen LogP contribution in [-0.4, -0.2) is 27.1 Å². The smallest absolute Gasteiger partial charge is 0.247 e. The molecule has 5 aliphatic rings. The summed E-state index contributed by atoms with van der Waals surface area (Å²) in [6.07, 6.45) is 11.7. The second-order valence-electron chi connectivity index (χ2n) is 15.6. The average molecular weight is 708 g/mol.